The Morgan fingerprint density at radius 3 is 2.23 bits per heavy atom. The Morgan fingerprint density at radius 2 is 1.54 bits per heavy atom. The van der Waals surface area contributed by atoms with Crippen LogP contribution in [0.2, 0.25) is 0 Å². The van der Waals surface area contributed by atoms with Crippen molar-refractivity contribution < 1.29 is 47.4 Å². The Labute approximate surface area is 288 Å². The van der Waals surface area contributed by atoms with Gasteiger partial charge in [-0.25, -0.2) is 4.79 Å². The lowest BCUT2D eigenvalue weighted by Gasteiger charge is -2.53. The van der Waals surface area contributed by atoms with Gasteiger partial charge in [-0.2, -0.15) is 0 Å². The molecule has 0 saturated heterocycles. The highest BCUT2D eigenvalue weighted by Gasteiger charge is 2.57. The predicted molar refractivity (Wildman–Crippen MR) is 182 cm³/mol. The van der Waals surface area contributed by atoms with E-state index in [0.717, 1.165) is 38.0 Å². The minimum Gasteiger partial charge on any atom is -0.468 e. The van der Waals surface area contributed by atoms with Crippen LogP contribution in [0.25, 0.3) is 0 Å². The fraction of sp³-hybridized carbons (Fsp3) is 0.816. The SMILES string of the molecule is COCOc1ccc2c(c1)CC(CCCCOCCOCCOCCOCC(=O)OC(C)(C)C)C1C2CCC2(C)C(OCOC)CCC12. The summed E-state index contributed by atoms with van der Waals surface area (Å²) in [5, 5.41) is 0. The Hall–Kier alpha value is -1.79. The van der Waals surface area contributed by atoms with Crippen LogP contribution in [0, 0.1) is 23.2 Å². The first kappa shape index (κ1) is 39.0. The van der Waals surface area contributed by atoms with E-state index >= 15 is 0 Å². The van der Waals surface area contributed by atoms with Crippen LogP contribution in [0.4, 0.5) is 0 Å². The molecule has 2 fully saturated rings. The van der Waals surface area contributed by atoms with Crippen molar-refractivity contribution in [3.63, 3.8) is 0 Å². The Balaban J connectivity index is 1.15. The van der Waals surface area contributed by atoms with Gasteiger partial charge in [-0.1, -0.05) is 19.4 Å². The van der Waals surface area contributed by atoms with Crippen LogP contribution in [0.3, 0.4) is 0 Å². The van der Waals surface area contributed by atoms with Gasteiger partial charge in [0.1, 0.15) is 24.8 Å². The van der Waals surface area contributed by atoms with Gasteiger partial charge in [-0.3, -0.25) is 0 Å². The average Bonchev–Trinajstić information content (AvgIpc) is 3.39. The second-order valence-corrected chi connectivity index (χ2v) is 14.8. The quantitative estimate of drug-likeness (QED) is 0.0787. The number of ether oxygens (including phenoxy) is 9. The number of carbonyl (C=O) groups excluding carboxylic acids is 1. The van der Waals surface area contributed by atoms with Gasteiger partial charge in [-0.05, 0) is 118 Å². The van der Waals surface area contributed by atoms with Gasteiger partial charge in [0, 0.05) is 20.8 Å². The molecular formula is C38H62O10. The maximum atomic E-state index is 11.6. The molecule has 3 aliphatic carbocycles. The first-order valence-corrected chi connectivity index (χ1v) is 18.0. The van der Waals surface area contributed by atoms with Crippen LogP contribution in [0.5, 0.6) is 5.75 Å². The van der Waals surface area contributed by atoms with E-state index in [-0.39, 0.29) is 30.9 Å². The standard InChI is InChI=1S/C38H62O10/c1-37(2,3)48-35(39)25-45-22-21-44-20-19-43-18-17-42-16-8-7-9-28-23-29-24-30(46-26-40-5)10-11-31(29)32-14-15-38(4)33(36(28)32)12-13-34(38)47-27-41-6/h10-11,24,28,32-34,36H,7-9,12-23,25-27H2,1-6H3. The second kappa shape index (κ2) is 19.6. The number of benzene rings is 1. The molecule has 10 nitrogen and oxygen atoms in total. The molecule has 274 valence electrons. The first-order chi connectivity index (χ1) is 23.2. The third-order valence-corrected chi connectivity index (χ3v) is 10.4. The third kappa shape index (κ3) is 11.4. The lowest BCUT2D eigenvalue weighted by molar-refractivity contribution is -0.160. The van der Waals surface area contributed by atoms with Crippen molar-refractivity contribution >= 4 is 5.97 Å². The number of fused-ring (bicyclic) bond motifs is 5. The summed E-state index contributed by atoms with van der Waals surface area (Å²) >= 11 is 0. The summed E-state index contributed by atoms with van der Waals surface area (Å²) < 4.78 is 50.1. The molecule has 1 aromatic carbocycles. The fourth-order valence-corrected chi connectivity index (χ4v) is 8.44. The van der Waals surface area contributed by atoms with Gasteiger partial charge in [-0.15, -0.1) is 0 Å². The molecule has 0 heterocycles. The van der Waals surface area contributed by atoms with Crippen LogP contribution >= 0.6 is 0 Å². The molecule has 48 heavy (non-hydrogen) atoms. The van der Waals surface area contributed by atoms with E-state index in [9.17, 15) is 4.79 Å². The largest absolute Gasteiger partial charge is 0.468 e. The summed E-state index contributed by atoms with van der Waals surface area (Å²) in [5.74, 6) is 3.10. The minimum absolute atomic E-state index is 0.0686. The van der Waals surface area contributed by atoms with E-state index in [2.05, 4.69) is 25.1 Å². The number of carbonyl (C=O) groups is 1. The fourth-order valence-electron chi connectivity index (χ4n) is 8.44. The number of hydrogen-bond acceptors (Lipinski definition) is 10. The second-order valence-electron chi connectivity index (χ2n) is 14.8. The van der Waals surface area contributed by atoms with Crippen LogP contribution < -0.4 is 4.74 Å². The predicted octanol–water partition coefficient (Wildman–Crippen LogP) is 6.32. The molecule has 0 amide bonds. The lowest BCUT2D eigenvalue weighted by atomic mass is 9.52. The van der Waals surface area contributed by atoms with Gasteiger partial charge in [0.15, 0.2) is 6.79 Å². The zero-order valence-corrected chi connectivity index (χ0v) is 30.4. The molecule has 0 radical (unpaired) electrons. The minimum atomic E-state index is -0.505. The Morgan fingerprint density at radius 1 is 0.854 bits per heavy atom. The van der Waals surface area contributed by atoms with Crippen molar-refractivity contribution in [3.05, 3.63) is 29.3 Å². The van der Waals surface area contributed by atoms with Gasteiger partial charge in [0.25, 0.3) is 0 Å². The Bertz CT molecular complexity index is 1090. The number of methoxy groups -OCH3 is 2. The first-order valence-electron chi connectivity index (χ1n) is 18.0. The molecule has 10 heteroatoms. The van der Waals surface area contributed by atoms with Crippen LogP contribution in [0.1, 0.15) is 89.7 Å². The van der Waals surface area contributed by atoms with Gasteiger partial charge >= 0.3 is 5.97 Å². The van der Waals surface area contributed by atoms with Crippen LogP contribution in [-0.2, 0) is 49.1 Å². The van der Waals surface area contributed by atoms with Crippen molar-refractivity contribution in [2.75, 3.05) is 80.7 Å². The van der Waals surface area contributed by atoms with Crippen molar-refractivity contribution in [3.8, 4) is 5.75 Å². The molecule has 0 spiro atoms. The van der Waals surface area contributed by atoms with Crippen molar-refractivity contribution in [1.29, 1.82) is 0 Å². The van der Waals surface area contributed by atoms with Crippen molar-refractivity contribution in [1.82, 2.24) is 0 Å². The van der Waals surface area contributed by atoms with E-state index in [4.69, 9.17) is 42.6 Å². The number of unbranched alkanes of at least 4 members (excludes halogenated alkanes) is 1. The molecule has 0 aromatic heterocycles. The molecule has 2 saturated carbocycles. The Kier molecular flexibility index (Phi) is 15.9. The highest BCUT2D eigenvalue weighted by Crippen LogP contribution is 2.63. The number of rotatable bonds is 22. The van der Waals surface area contributed by atoms with Crippen LogP contribution in [-0.4, -0.2) is 98.3 Å². The molecule has 3 aliphatic rings. The molecule has 4 rings (SSSR count). The molecule has 6 unspecified atom stereocenters. The van der Waals surface area contributed by atoms with Crippen LogP contribution in [0.15, 0.2) is 18.2 Å². The zero-order chi connectivity index (χ0) is 34.4. The summed E-state index contributed by atoms with van der Waals surface area (Å²) in [4.78, 5) is 11.6. The summed E-state index contributed by atoms with van der Waals surface area (Å²) in [7, 11) is 3.38. The van der Waals surface area contributed by atoms with Crippen molar-refractivity contribution in [2.24, 2.45) is 23.2 Å². The topological polar surface area (TPSA) is 100 Å². The van der Waals surface area contributed by atoms with Gasteiger partial charge in [0.2, 0.25) is 0 Å². The summed E-state index contributed by atoms with van der Waals surface area (Å²) in [6.07, 6.45) is 9.57. The van der Waals surface area contributed by atoms with E-state index in [1.165, 1.54) is 36.8 Å². The summed E-state index contributed by atoms with van der Waals surface area (Å²) in [6, 6.07) is 6.72. The highest BCUT2D eigenvalue weighted by molar-refractivity contribution is 5.71. The molecule has 0 aliphatic heterocycles. The van der Waals surface area contributed by atoms with Gasteiger partial charge < -0.3 is 42.6 Å². The zero-order valence-electron chi connectivity index (χ0n) is 30.4. The monoisotopic (exact) mass is 678 g/mol. The van der Waals surface area contributed by atoms with Gasteiger partial charge in [0.05, 0.1) is 45.7 Å². The maximum Gasteiger partial charge on any atom is 0.332 e. The normalized spacial score (nSPS) is 26.5. The number of esters is 1. The highest BCUT2D eigenvalue weighted by atomic mass is 16.7. The molecule has 1 aromatic rings. The van der Waals surface area contributed by atoms with Crippen molar-refractivity contribution in [2.45, 2.75) is 96.7 Å². The third-order valence-electron chi connectivity index (χ3n) is 10.4. The summed E-state index contributed by atoms with van der Waals surface area (Å²) in [6.45, 7) is 12.1. The smallest absolute Gasteiger partial charge is 0.332 e. The molecule has 0 N–H and O–H groups in total. The lowest BCUT2D eigenvalue weighted by Crippen LogP contribution is -2.47. The molecule has 0 bridgehead atoms. The van der Waals surface area contributed by atoms with E-state index in [1.54, 1.807) is 14.2 Å². The van der Waals surface area contributed by atoms with E-state index in [1.807, 2.05) is 20.8 Å². The molecular weight excluding hydrogens is 616 g/mol. The van der Waals surface area contributed by atoms with E-state index in [0.29, 0.717) is 70.1 Å². The maximum absolute atomic E-state index is 11.6. The summed E-state index contributed by atoms with van der Waals surface area (Å²) in [5.41, 5.74) is 2.69. The average molecular weight is 679 g/mol. The molecule has 6 atom stereocenters. The number of hydrogen-bond donors (Lipinski definition) is 0. The van der Waals surface area contributed by atoms with E-state index < -0.39 is 5.60 Å².